The predicted molar refractivity (Wildman–Crippen MR) is 144 cm³/mol. The van der Waals surface area contributed by atoms with Crippen LogP contribution in [-0.2, 0) is 7.05 Å². The molecule has 0 aliphatic carbocycles. The van der Waals surface area contributed by atoms with Crippen LogP contribution in [0.5, 0.6) is 11.5 Å². The van der Waals surface area contributed by atoms with E-state index < -0.39 is 11.5 Å². The van der Waals surface area contributed by atoms with Gasteiger partial charge < -0.3 is 15.0 Å². The Morgan fingerprint density at radius 2 is 1.76 bits per heavy atom. The van der Waals surface area contributed by atoms with Crippen molar-refractivity contribution < 1.29 is 14.3 Å². The number of hydrogen-bond acceptors (Lipinski definition) is 6. The average Bonchev–Trinajstić information content (AvgIpc) is 3.13. The minimum atomic E-state index is -0.554. The molecule has 0 aliphatic rings. The Kier molecular flexibility index (Phi) is 7.86. The zero-order chi connectivity index (χ0) is 27.2. The molecule has 0 aliphatic heterocycles. The Balaban J connectivity index is 1.44. The monoisotopic (exact) mass is 515 g/mol. The number of pyridine rings is 2. The van der Waals surface area contributed by atoms with E-state index in [0.29, 0.717) is 35.2 Å². The summed E-state index contributed by atoms with van der Waals surface area (Å²) in [6.45, 7) is 4.34. The molecule has 0 spiro atoms. The fourth-order valence-electron chi connectivity index (χ4n) is 3.84. The highest BCUT2D eigenvalue weighted by atomic mass is 16.5. The molecule has 0 radical (unpaired) electrons. The van der Waals surface area contributed by atoms with Crippen LogP contribution in [-0.4, -0.2) is 49.8 Å². The molecule has 196 valence electrons. The fourth-order valence-corrected chi connectivity index (χ4v) is 3.84. The maximum atomic E-state index is 13.1. The topological polar surface area (TPSA) is 123 Å². The maximum Gasteiger partial charge on any atom is 0.322 e. The van der Waals surface area contributed by atoms with Gasteiger partial charge in [-0.15, -0.1) is 0 Å². The summed E-state index contributed by atoms with van der Waals surface area (Å²) in [5, 5.41) is 5.41. The molecular weight excluding hydrogens is 486 g/mol. The summed E-state index contributed by atoms with van der Waals surface area (Å²) in [7, 11) is 3.44. The lowest BCUT2D eigenvalue weighted by Gasteiger charge is -2.16. The van der Waals surface area contributed by atoms with Crippen LogP contribution in [0.2, 0.25) is 0 Å². The minimum Gasteiger partial charge on any atom is -0.456 e. The zero-order valence-corrected chi connectivity index (χ0v) is 21.6. The lowest BCUT2D eigenvalue weighted by atomic mass is 10.2. The molecule has 2 N–H and O–H groups in total. The van der Waals surface area contributed by atoms with Gasteiger partial charge in [0.2, 0.25) is 0 Å². The van der Waals surface area contributed by atoms with Crippen LogP contribution in [0.15, 0.2) is 71.8 Å². The van der Waals surface area contributed by atoms with Crippen molar-refractivity contribution in [1.29, 1.82) is 0 Å². The summed E-state index contributed by atoms with van der Waals surface area (Å²) in [4.78, 5) is 48.2. The molecule has 0 unspecified atom stereocenters. The van der Waals surface area contributed by atoms with Gasteiger partial charge in [-0.3, -0.25) is 19.6 Å². The van der Waals surface area contributed by atoms with E-state index in [9.17, 15) is 14.4 Å². The van der Waals surface area contributed by atoms with E-state index in [2.05, 4.69) is 20.6 Å². The van der Waals surface area contributed by atoms with Crippen molar-refractivity contribution in [2.45, 2.75) is 20.3 Å². The molecule has 4 aromatic rings. The van der Waals surface area contributed by atoms with Crippen molar-refractivity contribution in [3.63, 3.8) is 0 Å². The Bertz CT molecular complexity index is 1490. The smallest absolute Gasteiger partial charge is 0.322 e. The molecule has 0 saturated carbocycles. The fraction of sp³-hybridized carbons (Fsp3) is 0.222. The number of nitrogens with one attached hydrogen (secondary N) is 2. The van der Waals surface area contributed by atoms with Gasteiger partial charge in [0, 0.05) is 32.9 Å². The first-order valence-electron chi connectivity index (χ1n) is 12.1. The molecule has 1 aromatic carbocycles. The molecule has 11 heteroatoms. The van der Waals surface area contributed by atoms with Crippen molar-refractivity contribution in [3.8, 4) is 17.2 Å². The van der Waals surface area contributed by atoms with Gasteiger partial charge in [0.1, 0.15) is 28.7 Å². The summed E-state index contributed by atoms with van der Waals surface area (Å²) in [6.07, 6.45) is 3.82. The second-order valence-corrected chi connectivity index (χ2v) is 8.60. The van der Waals surface area contributed by atoms with Crippen molar-refractivity contribution in [2.75, 3.05) is 24.2 Å². The highest BCUT2D eigenvalue weighted by molar-refractivity contribution is 6.04. The molecule has 0 saturated heterocycles. The van der Waals surface area contributed by atoms with Crippen LogP contribution >= 0.6 is 0 Å². The number of rotatable bonds is 8. The highest BCUT2D eigenvalue weighted by Gasteiger charge is 2.22. The van der Waals surface area contributed by atoms with Crippen molar-refractivity contribution in [1.82, 2.24) is 24.2 Å². The SMILES string of the molecule is CCCN(C)C(=O)Nc1cc(Oc2ccc(NC(=O)c3c(C)n(C)n(-c4ccccc4)c3=O)nc2)ccn1. The van der Waals surface area contributed by atoms with Gasteiger partial charge in [-0.05, 0) is 43.7 Å². The van der Waals surface area contributed by atoms with Crippen LogP contribution < -0.4 is 20.9 Å². The summed E-state index contributed by atoms with van der Waals surface area (Å²) in [6, 6.07) is 15.3. The molecule has 3 heterocycles. The van der Waals surface area contributed by atoms with E-state index in [1.54, 1.807) is 67.0 Å². The summed E-state index contributed by atoms with van der Waals surface area (Å²) in [5.74, 6) is 0.927. The number of carbonyl (C=O) groups is 2. The third-order valence-electron chi connectivity index (χ3n) is 5.87. The number of aromatic nitrogens is 4. The molecule has 0 fully saturated rings. The average molecular weight is 516 g/mol. The van der Waals surface area contributed by atoms with E-state index in [0.717, 1.165) is 6.42 Å². The zero-order valence-electron chi connectivity index (χ0n) is 21.6. The summed E-state index contributed by atoms with van der Waals surface area (Å²) < 4.78 is 8.91. The number of amides is 3. The summed E-state index contributed by atoms with van der Waals surface area (Å²) >= 11 is 0. The first kappa shape index (κ1) is 26.1. The van der Waals surface area contributed by atoms with Gasteiger partial charge in [-0.2, -0.15) is 0 Å². The largest absolute Gasteiger partial charge is 0.456 e. The van der Waals surface area contributed by atoms with Crippen LogP contribution in [0.3, 0.4) is 0 Å². The summed E-state index contributed by atoms with van der Waals surface area (Å²) in [5.41, 5.74) is 0.802. The Morgan fingerprint density at radius 1 is 1.00 bits per heavy atom. The second kappa shape index (κ2) is 11.4. The van der Waals surface area contributed by atoms with Gasteiger partial charge in [-0.25, -0.2) is 19.4 Å². The van der Waals surface area contributed by atoms with Crippen molar-refractivity contribution in [2.24, 2.45) is 7.05 Å². The number of para-hydroxylation sites is 1. The van der Waals surface area contributed by atoms with Crippen LogP contribution in [0, 0.1) is 6.92 Å². The Morgan fingerprint density at radius 3 is 2.45 bits per heavy atom. The van der Waals surface area contributed by atoms with E-state index in [4.69, 9.17) is 4.74 Å². The first-order valence-corrected chi connectivity index (χ1v) is 12.1. The third-order valence-corrected chi connectivity index (χ3v) is 5.87. The molecular formula is C27H29N7O4. The van der Waals surface area contributed by atoms with E-state index in [-0.39, 0.29) is 17.4 Å². The number of anilines is 2. The standard InChI is InChI=1S/C27H29N7O4/c1-5-15-32(3)27(37)31-23-16-20(13-14-28-23)38-21-11-12-22(29-17-21)30-25(35)24-18(2)33(4)34(26(24)36)19-9-7-6-8-10-19/h6-14,16-17H,5,15H2,1-4H3,(H,28,31,37)(H,29,30,35). The lowest BCUT2D eigenvalue weighted by Crippen LogP contribution is -2.32. The minimum absolute atomic E-state index is 0.0365. The molecule has 4 rings (SSSR count). The molecule has 0 bridgehead atoms. The van der Waals surface area contributed by atoms with Crippen LogP contribution in [0.1, 0.15) is 29.4 Å². The third kappa shape index (κ3) is 5.72. The van der Waals surface area contributed by atoms with Gasteiger partial charge in [-0.1, -0.05) is 25.1 Å². The number of benzene rings is 1. The number of carbonyl (C=O) groups excluding carboxylic acids is 2. The molecule has 3 amide bonds. The van der Waals surface area contributed by atoms with E-state index in [1.165, 1.54) is 17.1 Å². The number of nitrogens with zero attached hydrogens (tertiary/aromatic N) is 5. The van der Waals surface area contributed by atoms with E-state index >= 15 is 0 Å². The number of ether oxygens (including phenoxy) is 1. The van der Waals surface area contributed by atoms with E-state index in [1.807, 2.05) is 25.1 Å². The van der Waals surface area contributed by atoms with Crippen LogP contribution in [0.4, 0.5) is 16.4 Å². The molecule has 38 heavy (non-hydrogen) atoms. The Hall–Kier alpha value is -4.93. The number of hydrogen-bond donors (Lipinski definition) is 2. The van der Waals surface area contributed by atoms with Gasteiger partial charge >= 0.3 is 6.03 Å². The van der Waals surface area contributed by atoms with Gasteiger partial charge in [0.15, 0.2) is 0 Å². The van der Waals surface area contributed by atoms with Gasteiger partial charge in [0.25, 0.3) is 11.5 Å². The predicted octanol–water partition coefficient (Wildman–Crippen LogP) is 4.19. The van der Waals surface area contributed by atoms with Crippen molar-refractivity contribution in [3.05, 3.63) is 88.6 Å². The maximum absolute atomic E-state index is 13.1. The second-order valence-electron chi connectivity index (χ2n) is 8.60. The first-order chi connectivity index (χ1) is 18.3. The molecule has 3 aromatic heterocycles. The highest BCUT2D eigenvalue weighted by Crippen LogP contribution is 2.23. The lowest BCUT2D eigenvalue weighted by molar-refractivity contribution is 0.102. The number of urea groups is 1. The van der Waals surface area contributed by atoms with Gasteiger partial charge in [0.05, 0.1) is 17.6 Å². The van der Waals surface area contributed by atoms with Crippen molar-refractivity contribution >= 4 is 23.6 Å². The normalized spacial score (nSPS) is 10.6. The molecule has 11 nitrogen and oxygen atoms in total. The Labute approximate surface area is 219 Å². The van der Waals surface area contributed by atoms with Crippen LogP contribution in [0.25, 0.3) is 5.69 Å². The molecule has 0 atom stereocenters. The quantitative estimate of drug-likeness (QED) is 0.363.